The minimum Gasteiger partial charge on any atom is -0.394 e. The molecule has 0 aliphatic carbocycles. The molecule has 2 unspecified atom stereocenters. The van der Waals surface area contributed by atoms with Crippen molar-refractivity contribution < 1.29 is 23.5 Å². The molecule has 11 heteroatoms. The zero-order chi connectivity index (χ0) is 25.6. The van der Waals surface area contributed by atoms with E-state index < -0.39 is 47.8 Å². The largest absolute Gasteiger partial charge is 0.394 e. The van der Waals surface area contributed by atoms with Gasteiger partial charge in [0.1, 0.15) is 11.8 Å². The van der Waals surface area contributed by atoms with Crippen molar-refractivity contribution in [3.05, 3.63) is 51.3 Å². The van der Waals surface area contributed by atoms with E-state index in [1.54, 1.807) is 31.2 Å². The Labute approximate surface area is 200 Å². The molecular formula is C23H29ClF2N4O4. The highest BCUT2D eigenvalue weighted by Crippen LogP contribution is 2.27. The predicted molar refractivity (Wildman–Crippen MR) is 127 cm³/mol. The Bertz CT molecular complexity index is 1090. The summed E-state index contributed by atoms with van der Waals surface area (Å²) in [6.45, 7) is 4.76. The summed E-state index contributed by atoms with van der Waals surface area (Å²) in [5.41, 5.74) is 5.98. The lowest BCUT2D eigenvalue weighted by molar-refractivity contribution is -0.169. The van der Waals surface area contributed by atoms with Crippen LogP contribution in [0.15, 0.2) is 35.1 Å². The molecule has 1 aromatic heterocycles. The Morgan fingerprint density at radius 1 is 1.26 bits per heavy atom. The molecule has 1 aromatic carbocycles. The molecule has 0 fully saturated rings. The number of amides is 2. The van der Waals surface area contributed by atoms with Gasteiger partial charge >= 0.3 is 5.92 Å². The van der Waals surface area contributed by atoms with Gasteiger partial charge in [-0.3, -0.25) is 14.4 Å². The molecule has 1 heterocycles. The maximum absolute atomic E-state index is 14.5. The number of aliphatic hydroxyl groups excluding tert-OH is 1. The molecule has 186 valence electrons. The van der Waals surface area contributed by atoms with Crippen LogP contribution in [0.4, 0.5) is 14.5 Å². The fourth-order valence-corrected chi connectivity index (χ4v) is 3.57. The summed E-state index contributed by atoms with van der Waals surface area (Å²) in [5, 5.41) is 15.1. The third-order valence-electron chi connectivity index (χ3n) is 5.27. The fraction of sp³-hybridized carbons (Fsp3) is 0.435. The molecule has 0 spiro atoms. The Morgan fingerprint density at radius 2 is 1.91 bits per heavy atom. The Balaban J connectivity index is 2.26. The number of nitrogens with two attached hydrogens (primary N) is 1. The lowest BCUT2D eigenvalue weighted by atomic mass is 9.93. The molecule has 0 aliphatic heterocycles. The molecule has 0 aliphatic rings. The maximum atomic E-state index is 14.5. The van der Waals surface area contributed by atoms with E-state index in [1.165, 1.54) is 19.9 Å². The van der Waals surface area contributed by atoms with Gasteiger partial charge in [-0.2, -0.15) is 8.78 Å². The third-order valence-corrected chi connectivity index (χ3v) is 5.60. The molecule has 2 amide bonds. The van der Waals surface area contributed by atoms with Crippen molar-refractivity contribution >= 4 is 29.1 Å². The highest BCUT2D eigenvalue weighted by atomic mass is 35.5. The van der Waals surface area contributed by atoms with Crippen LogP contribution in [-0.2, 0) is 16.0 Å². The van der Waals surface area contributed by atoms with E-state index in [9.17, 15) is 28.3 Å². The fourth-order valence-electron chi connectivity index (χ4n) is 3.33. The third kappa shape index (κ3) is 6.32. The van der Waals surface area contributed by atoms with Crippen LogP contribution in [-0.4, -0.2) is 46.5 Å². The van der Waals surface area contributed by atoms with Crippen LogP contribution in [0.25, 0.3) is 11.3 Å². The number of nitrogens with one attached hydrogen (secondary N) is 3. The number of carbonyl (C=O) groups is 2. The van der Waals surface area contributed by atoms with E-state index in [0.29, 0.717) is 22.7 Å². The van der Waals surface area contributed by atoms with Gasteiger partial charge in [-0.15, -0.1) is 0 Å². The number of halogens is 3. The second kappa shape index (κ2) is 11.4. The van der Waals surface area contributed by atoms with Crippen LogP contribution in [0.5, 0.6) is 0 Å². The number of nitrogen functional groups attached to an aromatic ring is 1. The summed E-state index contributed by atoms with van der Waals surface area (Å²) in [6, 6.07) is 6.76. The monoisotopic (exact) mass is 498 g/mol. The van der Waals surface area contributed by atoms with Crippen molar-refractivity contribution in [1.82, 2.24) is 15.6 Å². The number of H-pyrrole nitrogens is 1. The van der Waals surface area contributed by atoms with Gasteiger partial charge in [-0.25, -0.2) is 0 Å². The smallest absolute Gasteiger partial charge is 0.351 e. The normalized spacial score (nSPS) is 13.4. The van der Waals surface area contributed by atoms with Gasteiger partial charge in [-0.05, 0) is 30.0 Å². The zero-order valence-corrected chi connectivity index (χ0v) is 19.9. The van der Waals surface area contributed by atoms with E-state index in [2.05, 4.69) is 15.6 Å². The summed E-state index contributed by atoms with van der Waals surface area (Å²) >= 11 is 6.18. The van der Waals surface area contributed by atoms with Crippen LogP contribution in [0.1, 0.15) is 32.8 Å². The minimum absolute atomic E-state index is 0.0233. The number of aromatic amines is 1. The van der Waals surface area contributed by atoms with Gasteiger partial charge in [-0.1, -0.05) is 50.6 Å². The van der Waals surface area contributed by atoms with E-state index in [0.717, 1.165) is 0 Å². The Kier molecular flexibility index (Phi) is 9.17. The second-order valence-electron chi connectivity index (χ2n) is 8.27. The van der Waals surface area contributed by atoms with Gasteiger partial charge in [0.25, 0.3) is 11.5 Å². The van der Waals surface area contributed by atoms with Crippen molar-refractivity contribution in [3.8, 4) is 11.3 Å². The number of hydrogen-bond acceptors (Lipinski definition) is 5. The lowest BCUT2D eigenvalue weighted by Crippen LogP contribution is -2.59. The average Bonchev–Trinajstić information content (AvgIpc) is 2.78. The van der Waals surface area contributed by atoms with Gasteiger partial charge < -0.3 is 26.5 Å². The first-order chi connectivity index (χ1) is 15.9. The predicted octanol–water partition coefficient (Wildman–Crippen LogP) is 2.48. The number of anilines is 1. The summed E-state index contributed by atoms with van der Waals surface area (Å²) in [4.78, 5) is 39.5. The van der Waals surface area contributed by atoms with Gasteiger partial charge in [0, 0.05) is 17.1 Å². The average molecular weight is 499 g/mol. The zero-order valence-electron chi connectivity index (χ0n) is 19.1. The van der Waals surface area contributed by atoms with Gasteiger partial charge in [0.15, 0.2) is 0 Å². The number of rotatable bonds is 10. The first-order valence-electron chi connectivity index (χ1n) is 10.8. The summed E-state index contributed by atoms with van der Waals surface area (Å²) in [5.74, 6) is -7.15. The Morgan fingerprint density at radius 3 is 2.50 bits per heavy atom. The molecule has 0 radical (unpaired) electrons. The van der Waals surface area contributed by atoms with Crippen LogP contribution >= 0.6 is 11.6 Å². The lowest BCUT2D eigenvalue weighted by Gasteiger charge is -2.32. The van der Waals surface area contributed by atoms with Crippen LogP contribution < -0.4 is 21.9 Å². The number of aliphatic hydroxyl groups is 1. The number of benzene rings is 1. The van der Waals surface area contributed by atoms with E-state index >= 15 is 0 Å². The first kappa shape index (κ1) is 27.3. The summed E-state index contributed by atoms with van der Waals surface area (Å²) < 4.78 is 29.1. The summed E-state index contributed by atoms with van der Waals surface area (Å²) in [7, 11) is 0. The highest BCUT2D eigenvalue weighted by Gasteiger charge is 2.50. The van der Waals surface area contributed by atoms with Crippen LogP contribution in [0, 0.1) is 5.92 Å². The molecule has 6 N–H and O–H groups in total. The number of pyridine rings is 1. The van der Waals surface area contributed by atoms with Gasteiger partial charge in [0.2, 0.25) is 5.91 Å². The highest BCUT2D eigenvalue weighted by molar-refractivity contribution is 6.33. The van der Waals surface area contributed by atoms with Crippen molar-refractivity contribution in [2.45, 2.75) is 51.7 Å². The van der Waals surface area contributed by atoms with E-state index in [4.69, 9.17) is 17.3 Å². The molecule has 0 bridgehead atoms. The second-order valence-corrected chi connectivity index (χ2v) is 8.68. The SMILES string of the molecule is CCCNC(=O)C(F)(F)C(O)C(NC(=O)Cc1cc(-c2ccccc2Cl)[nH]c(=O)c1N)C(C)C. The maximum Gasteiger partial charge on any atom is 0.351 e. The molecule has 0 saturated carbocycles. The molecule has 8 nitrogen and oxygen atoms in total. The number of alkyl halides is 2. The van der Waals surface area contributed by atoms with Gasteiger partial charge in [0.05, 0.1) is 18.2 Å². The van der Waals surface area contributed by atoms with Crippen molar-refractivity contribution in [1.29, 1.82) is 0 Å². The molecule has 0 saturated heterocycles. The van der Waals surface area contributed by atoms with Crippen LogP contribution in [0.3, 0.4) is 0 Å². The molecule has 2 rings (SSSR count). The topological polar surface area (TPSA) is 137 Å². The van der Waals surface area contributed by atoms with Crippen molar-refractivity contribution in [2.75, 3.05) is 12.3 Å². The van der Waals surface area contributed by atoms with E-state index in [1.807, 2.05) is 0 Å². The number of carbonyl (C=O) groups excluding carboxylic acids is 2. The van der Waals surface area contributed by atoms with E-state index in [-0.39, 0.29) is 17.8 Å². The van der Waals surface area contributed by atoms with Crippen molar-refractivity contribution in [2.24, 2.45) is 5.92 Å². The van der Waals surface area contributed by atoms with Crippen LogP contribution in [0.2, 0.25) is 5.02 Å². The standard InChI is InChI=1S/C23H29ClF2N4O4/c1-4-9-28-22(34)23(25,26)20(32)19(12(2)3)30-17(31)11-13-10-16(29-21(33)18(13)27)14-7-5-6-8-15(14)24/h5-8,10,12,19-20,32H,4,9,11,27H2,1-3H3,(H,28,34)(H,29,33)(H,30,31). The van der Waals surface area contributed by atoms with Crippen molar-refractivity contribution in [3.63, 3.8) is 0 Å². The molecule has 34 heavy (non-hydrogen) atoms. The Hall–Kier alpha value is -2.98. The number of aromatic nitrogens is 1. The minimum atomic E-state index is -4.13. The molecule has 2 aromatic rings. The molecule has 2 atom stereocenters. The molecular weight excluding hydrogens is 470 g/mol. The quantitative estimate of drug-likeness (QED) is 0.342. The first-order valence-corrected chi connectivity index (χ1v) is 11.2. The number of hydrogen-bond donors (Lipinski definition) is 5. The summed E-state index contributed by atoms with van der Waals surface area (Å²) in [6.07, 6.45) is -2.45.